The molecule has 0 bridgehead atoms. The highest BCUT2D eigenvalue weighted by Crippen LogP contribution is 2.21. The Morgan fingerprint density at radius 2 is 2.14 bits per heavy atom. The summed E-state index contributed by atoms with van der Waals surface area (Å²) in [5.41, 5.74) is 3.72. The number of anilines is 1. The molecule has 0 radical (unpaired) electrons. The lowest BCUT2D eigenvalue weighted by Crippen LogP contribution is -2.40. The fourth-order valence-electron chi connectivity index (χ4n) is 2.79. The molecule has 1 aliphatic rings. The highest BCUT2D eigenvalue weighted by molar-refractivity contribution is 7.80. The SMILES string of the molecule is COC(=O)CCCC=CC[C@H]1CO[C@@H](C)O[C@H]1C=NNC(=S)Nc1ccccc1. The van der Waals surface area contributed by atoms with Crippen LogP contribution in [0.2, 0.25) is 0 Å². The zero-order valence-corrected chi connectivity index (χ0v) is 17.7. The third kappa shape index (κ3) is 9.17. The van der Waals surface area contributed by atoms with Crippen molar-refractivity contribution in [1.29, 1.82) is 0 Å². The van der Waals surface area contributed by atoms with Gasteiger partial charge >= 0.3 is 5.97 Å². The van der Waals surface area contributed by atoms with Crippen LogP contribution in [0.15, 0.2) is 47.6 Å². The van der Waals surface area contributed by atoms with Gasteiger partial charge in [-0.25, -0.2) is 0 Å². The number of rotatable bonds is 9. The summed E-state index contributed by atoms with van der Waals surface area (Å²) in [4.78, 5) is 11.1. The summed E-state index contributed by atoms with van der Waals surface area (Å²) in [5, 5.41) is 7.70. The first-order valence-electron chi connectivity index (χ1n) is 9.72. The molecule has 8 heteroatoms. The van der Waals surface area contributed by atoms with E-state index in [-0.39, 0.29) is 24.3 Å². The van der Waals surface area contributed by atoms with Crippen molar-refractivity contribution in [2.24, 2.45) is 11.0 Å². The van der Waals surface area contributed by atoms with E-state index in [2.05, 4.69) is 32.7 Å². The van der Waals surface area contributed by atoms with Crippen molar-refractivity contribution in [2.75, 3.05) is 19.0 Å². The summed E-state index contributed by atoms with van der Waals surface area (Å²) in [6.45, 7) is 2.46. The first-order valence-corrected chi connectivity index (χ1v) is 10.1. The highest BCUT2D eigenvalue weighted by Gasteiger charge is 2.28. The standard InChI is InChI=1S/C21H29N3O4S/c1-16-27-15-17(10-6-3-4-9-13-20(25)26-2)19(28-16)14-22-24-21(29)23-18-11-7-5-8-12-18/h3,5-8,11-12,14,16-17,19H,4,9-10,13,15H2,1-2H3,(H2,23,24,29)/t16-,17+,19+/m1/s1. The fraction of sp³-hybridized carbons (Fsp3) is 0.476. The molecule has 1 saturated heterocycles. The molecule has 29 heavy (non-hydrogen) atoms. The van der Waals surface area contributed by atoms with Crippen molar-refractivity contribution in [3.63, 3.8) is 0 Å². The lowest BCUT2D eigenvalue weighted by atomic mass is 9.98. The summed E-state index contributed by atoms with van der Waals surface area (Å²) in [6.07, 6.45) is 8.30. The minimum atomic E-state index is -0.277. The molecule has 0 aromatic heterocycles. The van der Waals surface area contributed by atoms with E-state index in [0.717, 1.165) is 24.9 Å². The average Bonchev–Trinajstić information content (AvgIpc) is 2.72. The van der Waals surface area contributed by atoms with Crippen LogP contribution >= 0.6 is 12.2 Å². The van der Waals surface area contributed by atoms with Gasteiger partial charge in [0.1, 0.15) is 6.10 Å². The Balaban J connectivity index is 1.77. The topological polar surface area (TPSA) is 81.2 Å². The second kappa shape index (κ2) is 13.0. The Morgan fingerprint density at radius 1 is 1.34 bits per heavy atom. The number of ether oxygens (including phenoxy) is 3. The molecule has 0 saturated carbocycles. The molecule has 0 amide bonds. The van der Waals surface area contributed by atoms with E-state index in [9.17, 15) is 4.79 Å². The van der Waals surface area contributed by atoms with E-state index in [0.29, 0.717) is 18.1 Å². The molecule has 7 nitrogen and oxygen atoms in total. The van der Waals surface area contributed by atoms with Crippen LogP contribution in [-0.2, 0) is 19.0 Å². The summed E-state index contributed by atoms with van der Waals surface area (Å²) >= 11 is 5.25. The minimum absolute atomic E-state index is 0.157. The molecule has 1 aromatic rings. The maximum absolute atomic E-state index is 11.1. The Labute approximate surface area is 177 Å². The van der Waals surface area contributed by atoms with Gasteiger partial charge in [-0.1, -0.05) is 30.4 Å². The number of esters is 1. The van der Waals surface area contributed by atoms with Crippen molar-refractivity contribution < 1.29 is 19.0 Å². The smallest absolute Gasteiger partial charge is 0.305 e. The third-order valence-electron chi connectivity index (χ3n) is 4.36. The van der Waals surface area contributed by atoms with Gasteiger partial charge in [0, 0.05) is 18.0 Å². The number of methoxy groups -OCH3 is 1. The van der Waals surface area contributed by atoms with E-state index in [1.165, 1.54) is 7.11 Å². The van der Waals surface area contributed by atoms with Crippen LogP contribution in [0, 0.1) is 5.92 Å². The number of hydrogen-bond donors (Lipinski definition) is 2. The van der Waals surface area contributed by atoms with Crippen LogP contribution in [0.4, 0.5) is 5.69 Å². The van der Waals surface area contributed by atoms with Gasteiger partial charge < -0.3 is 19.5 Å². The fourth-order valence-corrected chi connectivity index (χ4v) is 2.96. The number of benzene rings is 1. The largest absolute Gasteiger partial charge is 0.469 e. The van der Waals surface area contributed by atoms with Gasteiger partial charge in [0.25, 0.3) is 0 Å². The molecule has 1 heterocycles. The van der Waals surface area contributed by atoms with Crippen LogP contribution in [0.5, 0.6) is 0 Å². The monoisotopic (exact) mass is 419 g/mol. The molecule has 3 atom stereocenters. The van der Waals surface area contributed by atoms with Gasteiger partial charge in [0.2, 0.25) is 0 Å². The van der Waals surface area contributed by atoms with Crippen LogP contribution in [0.3, 0.4) is 0 Å². The zero-order chi connectivity index (χ0) is 20.9. The Morgan fingerprint density at radius 3 is 2.90 bits per heavy atom. The van der Waals surface area contributed by atoms with Crippen molar-refractivity contribution in [3.8, 4) is 0 Å². The van der Waals surface area contributed by atoms with E-state index >= 15 is 0 Å². The van der Waals surface area contributed by atoms with E-state index in [4.69, 9.17) is 21.7 Å². The van der Waals surface area contributed by atoms with E-state index in [1.54, 1.807) is 6.21 Å². The first-order chi connectivity index (χ1) is 14.1. The van der Waals surface area contributed by atoms with Crippen molar-refractivity contribution in [3.05, 3.63) is 42.5 Å². The Kier molecular flexibility index (Phi) is 10.3. The number of unbranched alkanes of at least 4 members (excludes halogenated alkanes) is 1. The molecule has 0 unspecified atom stereocenters. The van der Waals surface area contributed by atoms with Crippen molar-refractivity contribution in [2.45, 2.75) is 45.0 Å². The van der Waals surface area contributed by atoms with Gasteiger partial charge in [0.05, 0.1) is 19.9 Å². The van der Waals surface area contributed by atoms with Crippen molar-refractivity contribution in [1.82, 2.24) is 5.43 Å². The van der Waals surface area contributed by atoms with Crippen LogP contribution in [0.25, 0.3) is 0 Å². The van der Waals surface area contributed by atoms with Gasteiger partial charge in [0.15, 0.2) is 11.4 Å². The molecular weight excluding hydrogens is 390 g/mol. The van der Waals surface area contributed by atoms with Crippen LogP contribution in [-0.4, -0.2) is 43.4 Å². The van der Waals surface area contributed by atoms with Crippen LogP contribution in [0.1, 0.15) is 32.6 Å². The predicted molar refractivity (Wildman–Crippen MR) is 118 cm³/mol. The maximum Gasteiger partial charge on any atom is 0.305 e. The minimum Gasteiger partial charge on any atom is -0.469 e. The lowest BCUT2D eigenvalue weighted by Gasteiger charge is -2.32. The Bertz CT molecular complexity index is 696. The van der Waals surface area contributed by atoms with Gasteiger partial charge in [-0.05, 0) is 50.5 Å². The number of hydrazone groups is 1. The molecule has 2 N–H and O–H groups in total. The van der Waals surface area contributed by atoms with Gasteiger partial charge in [-0.15, -0.1) is 0 Å². The first kappa shape index (κ1) is 23.0. The van der Waals surface area contributed by atoms with Gasteiger partial charge in [-0.3, -0.25) is 10.2 Å². The highest BCUT2D eigenvalue weighted by atomic mass is 32.1. The molecular formula is C21H29N3O4S. The average molecular weight is 420 g/mol. The predicted octanol–water partition coefficient (Wildman–Crippen LogP) is 3.63. The Hall–Kier alpha value is -2.29. The molecule has 158 valence electrons. The molecule has 2 rings (SSSR count). The lowest BCUT2D eigenvalue weighted by molar-refractivity contribution is -0.206. The number of carbonyl (C=O) groups is 1. The quantitative estimate of drug-likeness (QED) is 0.158. The molecule has 0 spiro atoms. The summed E-state index contributed by atoms with van der Waals surface area (Å²) in [7, 11) is 1.41. The second-order valence-corrected chi connectivity index (χ2v) is 7.06. The summed E-state index contributed by atoms with van der Waals surface area (Å²) < 4.78 is 16.1. The second-order valence-electron chi connectivity index (χ2n) is 6.65. The summed E-state index contributed by atoms with van der Waals surface area (Å²) in [6, 6.07) is 9.65. The number of para-hydroxylation sites is 1. The maximum atomic E-state index is 11.1. The van der Waals surface area contributed by atoms with E-state index < -0.39 is 0 Å². The number of nitrogens with one attached hydrogen (secondary N) is 2. The normalized spacial score (nSPS) is 21.9. The van der Waals surface area contributed by atoms with E-state index in [1.807, 2.05) is 37.3 Å². The number of hydrogen-bond acceptors (Lipinski definition) is 6. The van der Waals surface area contributed by atoms with Gasteiger partial charge in [-0.2, -0.15) is 5.10 Å². The number of nitrogens with zero attached hydrogens (tertiary/aromatic N) is 1. The van der Waals surface area contributed by atoms with Crippen molar-refractivity contribution >= 4 is 35.2 Å². The molecule has 0 aliphatic carbocycles. The number of carbonyl (C=O) groups excluding carboxylic acids is 1. The molecule has 1 aromatic carbocycles. The summed E-state index contributed by atoms with van der Waals surface area (Å²) in [5.74, 6) is -0.0193. The van der Waals surface area contributed by atoms with Crippen LogP contribution < -0.4 is 10.7 Å². The third-order valence-corrected chi connectivity index (χ3v) is 4.56. The zero-order valence-electron chi connectivity index (χ0n) is 16.9. The molecule has 1 fully saturated rings. The number of allylic oxidation sites excluding steroid dienone is 2. The number of thiocarbonyl (C=S) groups is 1. The molecule has 1 aliphatic heterocycles.